The lowest BCUT2D eigenvalue weighted by Crippen LogP contribution is -2.49. The lowest BCUT2D eigenvalue weighted by molar-refractivity contribution is -0.308. The number of para-hydroxylation sites is 1. The van der Waals surface area contributed by atoms with E-state index < -0.39 is 12.0 Å². The Balaban J connectivity index is 1.57. The zero-order chi connectivity index (χ0) is 18.5. The molecule has 26 heavy (non-hydrogen) atoms. The number of carbonyl (C=O) groups excluding carboxylic acids is 2. The molecule has 0 spiro atoms. The maximum Gasteiger partial charge on any atom is 0.220 e. The number of aryl methyl sites for hydroxylation is 1. The van der Waals surface area contributed by atoms with E-state index in [0.29, 0.717) is 12.0 Å². The SMILES string of the molecule is O=C(CCc1nc2ccccc2s1)N[C@H](Cc1ccc(O)cc1)C(=O)[O-]. The van der Waals surface area contributed by atoms with Crippen LogP contribution in [0, 0.1) is 0 Å². The Morgan fingerprint density at radius 2 is 1.88 bits per heavy atom. The van der Waals surface area contributed by atoms with E-state index in [1.807, 2.05) is 24.3 Å². The number of rotatable bonds is 7. The van der Waals surface area contributed by atoms with Crippen LogP contribution in [0.15, 0.2) is 48.5 Å². The van der Waals surface area contributed by atoms with Gasteiger partial charge in [-0.25, -0.2) is 4.98 Å². The minimum absolute atomic E-state index is 0.0927. The maximum atomic E-state index is 12.1. The van der Waals surface area contributed by atoms with Crippen molar-refractivity contribution in [3.63, 3.8) is 0 Å². The number of aromatic hydroxyl groups is 1. The Labute approximate surface area is 154 Å². The van der Waals surface area contributed by atoms with Crippen LogP contribution in [0.4, 0.5) is 0 Å². The molecule has 0 radical (unpaired) electrons. The summed E-state index contributed by atoms with van der Waals surface area (Å²) in [6.45, 7) is 0. The summed E-state index contributed by atoms with van der Waals surface area (Å²) in [5.41, 5.74) is 1.58. The molecule has 0 unspecified atom stereocenters. The Hall–Kier alpha value is -2.93. The average molecular weight is 369 g/mol. The van der Waals surface area contributed by atoms with E-state index in [1.54, 1.807) is 12.1 Å². The summed E-state index contributed by atoms with van der Waals surface area (Å²) in [6, 6.07) is 12.8. The van der Waals surface area contributed by atoms with Gasteiger partial charge in [-0.05, 0) is 36.2 Å². The third-order valence-corrected chi connectivity index (χ3v) is 5.00. The summed E-state index contributed by atoms with van der Waals surface area (Å²) in [5.74, 6) is -1.61. The molecule has 3 aromatic rings. The van der Waals surface area contributed by atoms with Crippen LogP contribution in [-0.4, -0.2) is 28.0 Å². The van der Waals surface area contributed by atoms with Crippen molar-refractivity contribution in [2.75, 3.05) is 0 Å². The number of thiazole rings is 1. The highest BCUT2D eigenvalue weighted by Gasteiger charge is 2.15. The minimum Gasteiger partial charge on any atom is -0.548 e. The molecule has 0 aliphatic rings. The summed E-state index contributed by atoms with van der Waals surface area (Å²) in [5, 5.41) is 23.9. The lowest BCUT2D eigenvalue weighted by Gasteiger charge is -2.19. The molecule has 1 amide bonds. The first-order chi connectivity index (χ1) is 12.5. The molecule has 0 aliphatic heterocycles. The molecule has 0 fully saturated rings. The van der Waals surface area contributed by atoms with Crippen molar-refractivity contribution in [2.45, 2.75) is 25.3 Å². The standard InChI is InChI=1S/C19H18N2O4S/c22-13-7-5-12(6-8-13)11-15(19(24)25)20-17(23)9-10-18-21-14-3-1-2-4-16(14)26-18/h1-8,15,22H,9-11H2,(H,20,23)(H,24,25)/p-1/t15-/m1/s1. The first kappa shape index (κ1) is 17.9. The minimum atomic E-state index is -1.34. The molecule has 1 heterocycles. The summed E-state index contributed by atoms with van der Waals surface area (Å²) in [6.07, 6.45) is 0.693. The molecule has 7 heteroatoms. The fourth-order valence-corrected chi connectivity index (χ4v) is 3.54. The van der Waals surface area contributed by atoms with Gasteiger partial charge < -0.3 is 20.3 Å². The van der Waals surface area contributed by atoms with Crippen LogP contribution in [0.3, 0.4) is 0 Å². The molecular formula is C19H17N2O4S-. The predicted octanol–water partition coefficient (Wildman–Crippen LogP) is 1.41. The number of aliphatic carboxylic acids is 1. The Kier molecular flexibility index (Phi) is 5.48. The number of hydrogen-bond acceptors (Lipinski definition) is 6. The second-order valence-corrected chi connectivity index (χ2v) is 7.00. The fourth-order valence-electron chi connectivity index (χ4n) is 2.57. The van der Waals surface area contributed by atoms with Gasteiger partial charge in [-0.3, -0.25) is 4.79 Å². The number of hydrogen-bond donors (Lipinski definition) is 2. The number of carboxylic acid groups (broad SMARTS) is 1. The molecule has 1 atom stereocenters. The van der Waals surface area contributed by atoms with Crippen molar-refractivity contribution in [3.05, 3.63) is 59.1 Å². The Morgan fingerprint density at radius 1 is 1.15 bits per heavy atom. The van der Waals surface area contributed by atoms with Gasteiger partial charge >= 0.3 is 0 Å². The highest BCUT2D eigenvalue weighted by molar-refractivity contribution is 7.18. The highest BCUT2D eigenvalue weighted by atomic mass is 32.1. The molecule has 1 aromatic heterocycles. The fraction of sp³-hybridized carbons (Fsp3) is 0.211. The number of aromatic nitrogens is 1. The molecule has 2 aromatic carbocycles. The van der Waals surface area contributed by atoms with E-state index >= 15 is 0 Å². The van der Waals surface area contributed by atoms with Crippen molar-refractivity contribution in [2.24, 2.45) is 0 Å². The predicted molar refractivity (Wildman–Crippen MR) is 96.7 cm³/mol. The topological polar surface area (TPSA) is 102 Å². The lowest BCUT2D eigenvalue weighted by atomic mass is 10.1. The zero-order valence-electron chi connectivity index (χ0n) is 13.8. The molecule has 0 aliphatic carbocycles. The molecule has 3 rings (SSSR count). The normalized spacial score (nSPS) is 12.0. The van der Waals surface area contributed by atoms with E-state index in [-0.39, 0.29) is 24.5 Å². The van der Waals surface area contributed by atoms with Gasteiger partial charge in [0.2, 0.25) is 5.91 Å². The number of benzene rings is 2. The van der Waals surface area contributed by atoms with Gasteiger partial charge in [0.25, 0.3) is 0 Å². The Bertz CT molecular complexity index is 888. The molecule has 0 bridgehead atoms. The number of nitrogens with one attached hydrogen (secondary N) is 1. The van der Waals surface area contributed by atoms with E-state index in [9.17, 15) is 19.8 Å². The first-order valence-electron chi connectivity index (χ1n) is 8.14. The second kappa shape index (κ2) is 7.97. The van der Waals surface area contributed by atoms with Crippen LogP contribution >= 0.6 is 11.3 Å². The molecule has 2 N–H and O–H groups in total. The number of nitrogens with zero attached hydrogens (tertiary/aromatic N) is 1. The molecule has 6 nitrogen and oxygen atoms in total. The van der Waals surface area contributed by atoms with Crippen molar-refractivity contribution >= 4 is 33.4 Å². The van der Waals surface area contributed by atoms with E-state index in [2.05, 4.69) is 10.3 Å². The number of phenolic OH excluding ortho intramolecular Hbond substituents is 1. The van der Waals surface area contributed by atoms with Crippen molar-refractivity contribution < 1.29 is 19.8 Å². The number of carboxylic acids is 1. The quantitative estimate of drug-likeness (QED) is 0.656. The van der Waals surface area contributed by atoms with Gasteiger partial charge in [-0.15, -0.1) is 11.3 Å². The number of carbonyl (C=O) groups is 2. The average Bonchev–Trinajstić information content (AvgIpc) is 3.04. The molecule has 0 saturated carbocycles. The maximum absolute atomic E-state index is 12.1. The number of phenols is 1. The van der Waals surface area contributed by atoms with Crippen molar-refractivity contribution in [3.8, 4) is 5.75 Å². The van der Waals surface area contributed by atoms with Crippen LogP contribution < -0.4 is 10.4 Å². The van der Waals surface area contributed by atoms with Crippen LogP contribution in [0.1, 0.15) is 17.0 Å². The summed E-state index contributed by atoms with van der Waals surface area (Å²) < 4.78 is 1.06. The van der Waals surface area contributed by atoms with Crippen LogP contribution in [-0.2, 0) is 22.4 Å². The van der Waals surface area contributed by atoms with Crippen molar-refractivity contribution in [1.82, 2.24) is 10.3 Å². The molecular weight excluding hydrogens is 352 g/mol. The van der Waals surface area contributed by atoms with Gasteiger partial charge in [0.15, 0.2) is 0 Å². The third-order valence-electron chi connectivity index (χ3n) is 3.90. The summed E-state index contributed by atoms with van der Waals surface area (Å²) >= 11 is 1.52. The van der Waals surface area contributed by atoms with Gasteiger partial charge in [0.05, 0.1) is 27.2 Å². The number of fused-ring (bicyclic) bond motifs is 1. The van der Waals surface area contributed by atoms with Crippen LogP contribution in [0.25, 0.3) is 10.2 Å². The van der Waals surface area contributed by atoms with Gasteiger partial charge in [0, 0.05) is 12.8 Å². The van der Waals surface area contributed by atoms with E-state index in [0.717, 1.165) is 15.2 Å². The van der Waals surface area contributed by atoms with Gasteiger partial charge in [-0.2, -0.15) is 0 Å². The number of amides is 1. The zero-order valence-corrected chi connectivity index (χ0v) is 14.7. The molecule has 0 saturated heterocycles. The summed E-state index contributed by atoms with van der Waals surface area (Å²) in [4.78, 5) is 27.9. The van der Waals surface area contributed by atoms with Crippen molar-refractivity contribution in [1.29, 1.82) is 0 Å². The largest absolute Gasteiger partial charge is 0.548 e. The smallest absolute Gasteiger partial charge is 0.220 e. The Morgan fingerprint density at radius 3 is 2.58 bits per heavy atom. The monoisotopic (exact) mass is 369 g/mol. The molecule has 134 valence electrons. The highest BCUT2D eigenvalue weighted by Crippen LogP contribution is 2.22. The van der Waals surface area contributed by atoms with Gasteiger partial charge in [0.1, 0.15) is 5.75 Å². The summed E-state index contributed by atoms with van der Waals surface area (Å²) in [7, 11) is 0. The van der Waals surface area contributed by atoms with Gasteiger partial charge in [-0.1, -0.05) is 24.3 Å². The van der Waals surface area contributed by atoms with E-state index in [1.165, 1.54) is 23.5 Å². The van der Waals surface area contributed by atoms with E-state index in [4.69, 9.17) is 0 Å². The van der Waals surface area contributed by atoms with Crippen LogP contribution in [0.5, 0.6) is 5.75 Å². The third kappa shape index (κ3) is 4.58. The first-order valence-corrected chi connectivity index (χ1v) is 8.95. The van der Waals surface area contributed by atoms with Crippen LogP contribution in [0.2, 0.25) is 0 Å². The second-order valence-electron chi connectivity index (χ2n) is 5.89.